The first-order valence-electron chi connectivity index (χ1n) is 4.93. The fraction of sp³-hybridized carbons (Fsp3) is 0.333. The van der Waals surface area contributed by atoms with E-state index in [0.29, 0.717) is 6.42 Å². The van der Waals surface area contributed by atoms with Crippen molar-refractivity contribution in [3.63, 3.8) is 0 Å². The van der Waals surface area contributed by atoms with Crippen molar-refractivity contribution in [3.05, 3.63) is 36.0 Å². The molecule has 0 saturated heterocycles. The number of hydrogen-bond donors (Lipinski definition) is 0. The Kier molecular flexibility index (Phi) is 2.53. The highest BCUT2D eigenvalue weighted by atomic mass is 19.1. The number of rotatable bonds is 3. The number of benzene rings is 1. The summed E-state index contributed by atoms with van der Waals surface area (Å²) < 4.78 is 14.2. The van der Waals surface area contributed by atoms with Crippen LogP contribution < -0.4 is 0 Å². The van der Waals surface area contributed by atoms with E-state index in [1.54, 1.807) is 0 Å². The minimum Gasteiger partial charge on any atom is -0.347 e. The van der Waals surface area contributed by atoms with E-state index in [1.807, 2.05) is 12.3 Å². The normalized spacial score (nSPS) is 11.0. The molecule has 0 radical (unpaired) electrons. The molecule has 1 aromatic heterocycles. The minimum absolute atomic E-state index is 0.245. The first-order valence-corrected chi connectivity index (χ1v) is 4.93. The number of nitrogens with zero attached hydrogens (tertiary/aromatic N) is 1. The van der Waals surface area contributed by atoms with Crippen LogP contribution in [0.3, 0.4) is 0 Å². The summed E-state index contributed by atoms with van der Waals surface area (Å²) in [5.41, 5.74) is 2.49. The van der Waals surface area contributed by atoms with Crippen LogP contribution in [-0.2, 0) is 6.54 Å². The molecule has 0 aliphatic heterocycles. The zero-order chi connectivity index (χ0) is 9.97. The molecule has 14 heavy (non-hydrogen) atoms. The van der Waals surface area contributed by atoms with Crippen LogP contribution in [0.15, 0.2) is 30.5 Å². The summed E-state index contributed by atoms with van der Waals surface area (Å²) in [6, 6.07) is 8.33. The third-order valence-electron chi connectivity index (χ3n) is 2.56. The molecular weight excluding hydrogens is 177 g/mol. The molecular formula is C12H14FN. The van der Waals surface area contributed by atoms with Gasteiger partial charge in [0, 0.05) is 23.6 Å². The Hall–Kier alpha value is -1.31. The second-order valence-corrected chi connectivity index (χ2v) is 3.56. The predicted octanol–water partition coefficient (Wildman–Crippen LogP) is 3.31. The van der Waals surface area contributed by atoms with Crippen LogP contribution in [0.5, 0.6) is 0 Å². The summed E-state index contributed by atoms with van der Waals surface area (Å²) in [5.74, 6) is 0. The van der Waals surface area contributed by atoms with Crippen LogP contribution >= 0.6 is 0 Å². The first-order chi connectivity index (χ1) is 6.83. The molecule has 1 heterocycles. The van der Waals surface area contributed by atoms with Gasteiger partial charge in [-0.05, 0) is 31.0 Å². The summed E-state index contributed by atoms with van der Waals surface area (Å²) in [5, 5.41) is 1.27. The Morgan fingerprint density at radius 1 is 1.29 bits per heavy atom. The molecule has 1 nitrogen and oxygen atoms in total. The molecule has 0 aliphatic carbocycles. The first kappa shape index (κ1) is 9.25. The zero-order valence-corrected chi connectivity index (χ0v) is 8.33. The van der Waals surface area contributed by atoms with Crippen molar-refractivity contribution >= 4 is 10.9 Å². The summed E-state index contributed by atoms with van der Waals surface area (Å²) in [4.78, 5) is 0. The molecule has 0 N–H and O–H groups in total. The monoisotopic (exact) mass is 191 g/mol. The Labute approximate surface area is 83.2 Å². The van der Waals surface area contributed by atoms with Gasteiger partial charge in [-0.15, -0.1) is 0 Å². The van der Waals surface area contributed by atoms with Gasteiger partial charge in [0.25, 0.3) is 0 Å². The van der Waals surface area contributed by atoms with Crippen LogP contribution in [0, 0.1) is 6.92 Å². The molecule has 0 atom stereocenters. The van der Waals surface area contributed by atoms with Crippen molar-refractivity contribution in [1.29, 1.82) is 0 Å². The van der Waals surface area contributed by atoms with Crippen LogP contribution in [0.25, 0.3) is 10.9 Å². The van der Waals surface area contributed by atoms with E-state index in [2.05, 4.69) is 29.7 Å². The maximum Gasteiger partial charge on any atom is 0.0911 e. The van der Waals surface area contributed by atoms with Gasteiger partial charge in [-0.3, -0.25) is 4.39 Å². The largest absolute Gasteiger partial charge is 0.347 e. The molecule has 74 valence electrons. The number of alkyl halides is 1. The maximum atomic E-state index is 12.1. The molecule has 0 unspecified atom stereocenters. The summed E-state index contributed by atoms with van der Waals surface area (Å²) in [7, 11) is 0. The lowest BCUT2D eigenvalue weighted by molar-refractivity contribution is 0.450. The minimum atomic E-state index is -0.245. The second kappa shape index (κ2) is 3.82. The van der Waals surface area contributed by atoms with Crippen molar-refractivity contribution in [2.24, 2.45) is 0 Å². The Morgan fingerprint density at radius 3 is 2.93 bits per heavy atom. The van der Waals surface area contributed by atoms with Gasteiger partial charge < -0.3 is 4.57 Å². The number of hydrogen-bond acceptors (Lipinski definition) is 0. The molecule has 0 aliphatic rings. The third kappa shape index (κ3) is 1.52. The fourth-order valence-corrected chi connectivity index (χ4v) is 1.80. The molecule has 2 aromatic rings. The molecule has 0 spiro atoms. The topological polar surface area (TPSA) is 4.93 Å². The summed E-state index contributed by atoms with van der Waals surface area (Å²) in [6.45, 7) is 2.62. The van der Waals surface area contributed by atoms with E-state index in [-0.39, 0.29) is 6.67 Å². The number of aromatic nitrogens is 1. The summed E-state index contributed by atoms with van der Waals surface area (Å²) in [6.07, 6.45) is 2.63. The van der Waals surface area contributed by atoms with Crippen LogP contribution in [0.1, 0.15) is 12.0 Å². The van der Waals surface area contributed by atoms with Crippen molar-refractivity contribution in [3.8, 4) is 0 Å². The second-order valence-electron chi connectivity index (χ2n) is 3.56. The smallest absolute Gasteiger partial charge is 0.0911 e. The molecule has 1 aromatic carbocycles. The van der Waals surface area contributed by atoms with E-state index in [1.165, 1.54) is 16.5 Å². The van der Waals surface area contributed by atoms with Gasteiger partial charge in [0.15, 0.2) is 0 Å². The highest BCUT2D eigenvalue weighted by Crippen LogP contribution is 2.19. The van der Waals surface area contributed by atoms with Gasteiger partial charge in [-0.1, -0.05) is 12.1 Å². The zero-order valence-electron chi connectivity index (χ0n) is 8.33. The lowest BCUT2D eigenvalue weighted by atomic mass is 10.1. The van der Waals surface area contributed by atoms with E-state index in [4.69, 9.17) is 0 Å². The van der Waals surface area contributed by atoms with Crippen LogP contribution in [0.4, 0.5) is 4.39 Å². The van der Waals surface area contributed by atoms with Gasteiger partial charge in [0.1, 0.15) is 0 Å². The standard InChI is InChI=1S/C12H14FN/c1-10-4-2-5-12-11(10)6-9-14(12)8-3-7-13/h2,4-6,9H,3,7-8H2,1H3. The van der Waals surface area contributed by atoms with E-state index in [9.17, 15) is 4.39 Å². The van der Waals surface area contributed by atoms with Crippen molar-refractivity contribution in [1.82, 2.24) is 4.57 Å². The lowest BCUT2D eigenvalue weighted by Gasteiger charge is -2.03. The van der Waals surface area contributed by atoms with E-state index < -0.39 is 0 Å². The van der Waals surface area contributed by atoms with E-state index >= 15 is 0 Å². The highest BCUT2D eigenvalue weighted by molar-refractivity contribution is 5.83. The fourth-order valence-electron chi connectivity index (χ4n) is 1.80. The van der Waals surface area contributed by atoms with Gasteiger partial charge >= 0.3 is 0 Å². The highest BCUT2D eigenvalue weighted by Gasteiger charge is 2.01. The van der Waals surface area contributed by atoms with Gasteiger partial charge in [-0.25, -0.2) is 0 Å². The number of halogens is 1. The molecule has 2 heteroatoms. The number of fused-ring (bicyclic) bond motifs is 1. The Balaban J connectivity index is 2.42. The molecule has 0 saturated carbocycles. The Morgan fingerprint density at radius 2 is 2.14 bits per heavy atom. The van der Waals surface area contributed by atoms with E-state index in [0.717, 1.165) is 6.54 Å². The van der Waals surface area contributed by atoms with Gasteiger partial charge in [-0.2, -0.15) is 0 Å². The maximum absolute atomic E-state index is 12.1. The van der Waals surface area contributed by atoms with Crippen molar-refractivity contribution in [2.45, 2.75) is 19.9 Å². The lowest BCUT2D eigenvalue weighted by Crippen LogP contribution is -1.96. The van der Waals surface area contributed by atoms with Crippen LogP contribution in [-0.4, -0.2) is 11.2 Å². The Bertz CT molecular complexity index is 431. The summed E-state index contributed by atoms with van der Waals surface area (Å²) >= 11 is 0. The molecule has 0 fully saturated rings. The van der Waals surface area contributed by atoms with Gasteiger partial charge in [0.2, 0.25) is 0 Å². The molecule has 2 rings (SSSR count). The van der Waals surface area contributed by atoms with Crippen molar-refractivity contribution < 1.29 is 4.39 Å². The quantitative estimate of drug-likeness (QED) is 0.701. The SMILES string of the molecule is Cc1cccc2c1ccn2CCCF. The number of aryl methyl sites for hydroxylation is 2. The molecule has 0 amide bonds. The molecule has 0 bridgehead atoms. The van der Waals surface area contributed by atoms with Crippen LogP contribution in [0.2, 0.25) is 0 Å². The average molecular weight is 191 g/mol. The average Bonchev–Trinajstić information content (AvgIpc) is 2.60. The van der Waals surface area contributed by atoms with Crippen molar-refractivity contribution in [2.75, 3.05) is 6.67 Å². The predicted molar refractivity (Wildman–Crippen MR) is 57.3 cm³/mol. The van der Waals surface area contributed by atoms with Gasteiger partial charge in [0.05, 0.1) is 6.67 Å². The third-order valence-corrected chi connectivity index (χ3v) is 2.56.